The molecule has 5 nitrogen and oxygen atoms in total. The summed E-state index contributed by atoms with van der Waals surface area (Å²) in [5.74, 6) is 0.360. The van der Waals surface area contributed by atoms with Crippen LogP contribution in [0, 0.1) is 0 Å². The monoisotopic (exact) mass is 237 g/mol. The van der Waals surface area contributed by atoms with Crippen LogP contribution in [0.25, 0.3) is 0 Å². The molecule has 0 aliphatic carbocycles. The number of amides is 1. The third kappa shape index (κ3) is 1.88. The molecule has 5 heteroatoms. The van der Waals surface area contributed by atoms with Crippen LogP contribution in [0.5, 0.6) is 11.5 Å². The fourth-order valence-corrected chi connectivity index (χ4v) is 1.67. The smallest absolute Gasteiger partial charge is 0.411 e. The molecule has 1 aliphatic rings. The zero-order valence-corrected chi connectivity index (χ0v) is 10.1. The SMILES string of the molecule is CCC1(C)Oc2cccc(N(C)C(=O)O)c2O1. The highest BCUT2D eigenvalue weighted by Gasteiger charge is 2.37. The molecule has 1 N–H and O–H groups in total. The van der Waals surface area contributed by atoms with E-state index in [1.165, 1.54) is 7.05 Å². The maximum Gasteiger partial charge on any atom is 0.411 e. The van der Waals surface area contributed by atoms with Gasteiger partial charge >= 0.3 is 6.09 Å². The molecule has 1 amide bonds. The fourth-order valence-electron chi connectivity index (χ4n) is 1.67. The van der Waals surface area contributed by atoms with Gasteiger partial charge in [-0.25, -0.2) is 4.79 Å². The van der Waals surface area contributed by atoms with Crippen LogP contribution in [0.2, 0.25) is 0 Å². The molecule has 0 aromatic heterocycles. The zero-order valence-electron chi connectivity index (χ0n) is 10.1. The lowest BCUT2D eigenvalue weighted by atomic mass is 10.2. The molecule has 92 valence electrons. The van der Waals surface area contributed by atoms with Crippen molar-refractivity contribution in [1.82, 2.24) is 0 Å². The summed E-state index contributed by atoms with van der Waals surface area (Å²) in [5.41, 5.74) is 0.493. The Morgan fingerprint density at radius 2 is 2.18 bits per heavy atom. The van der Waals surface area contributed by atoms with Crippen molar-refractivity contribution in [2.45, 2.75) is 26.1 Å². The van der Waals surface area contributed by atoms with Crippen molar-refractivity contribution in [3.05, 3.63) is 18.2 Å². The van der Waals surface area contributed by atoms with Gasteiger partial charge in [0.25, 0.3) is 0 Å². The van der Waals surface area contributed by atoms with E-state index in [4.69, 9.17) is 14.6 Å². The Morgan fingerprint density at radius 1 is 1.47 bits per heavy atom. The number of hydrogen-bond acceptors (Lipinski definition) is 3. The van der Waals surface area contributed by atoms with E-state index in [1.807, 2.05) is 13.8 Å². The number of hydrogen-bond donors (Lipinski definition) is 1. The number of carbonyl (C=O) groups is 1. The van der Waals surface area contributed by atoms with Crippen LogP contribution >= 0.6 is 0 Å². The van der Waals surface area contributed by atoms with Crippen LogP contribution in [0.1, 0.15) is 20.3 Å². The van der Waals surface area contributed by atoms with Gasteiger partial charge in [-0.05, 0) is 12.1 Å². The number of fused-ring (bicyclic) bond motifs is 1. The predicted octanol–water partition coefficient (Wildman–Crippen LogP) is 2.70. The molecule has 1 aliphatic heterocycles. The van der Waals surface area contributed by atoms with Gasteiger partial charge in [0, 0.05) is 20.4 Å². The molecule has 0 fully saturated rings. The topological polar surface area (TPSA) is 59.0 Å². The minimum absolute atomic E-state index is 0.488. The molecule has 0 radical (unpaired) electrons. The summed E-state index contributed by atoms with van der Waals surface area (Å²) >= 11 is 0. The van der Waals surface area contributed by atoms with Crippen molar-refractivity contribution < 1.29 is 19.4 Å². The lowest BCUT2D eigenvalue weighted by Crippen LogP contribution is -2.33. The Labute approximate surface area is 99.6 Å². The van der Waals surface area contributed by atoms with Crippen molar-refractivity contribution >= 4 is 11.8 Å². The van der Waals surface area contributed by atoms with Gasteiger partial charge in [-0.1, -0.05) is 13.0 Å². The van der Waals surface area contributed by atoms with Crippen LogP contribution in [-0.2, 0) is 0 Å². The Bertz CT molecular complexity index is 460. The van der Waals surface area contributed by atoms with E-state index in [0.717, 1.165) is 4.90 Å². The van der Waals surface area contributed by atoms with E-state index in [-0.39, 0.29) is 0 Å². The predicted molar refractivity (Wildman–Crippen MR) is 62.8 cm³/mol. The molecule has 0 bridgehead atoms. The second-order valence-corrected chi connectivity index (χ2v) is 4.14. The zero-order chi connectivity index (χ0) is 12.6. The average molecular weight is 237 g/mol. The van der Waals surface area contributed by atoms with Crippen molar-refractivity contribution in [3.63, 3.8) is 0 Å². The second-order valence-electron chi connectivity index (χ2n) is 4.14. The fraction of sp³-hybridized carbons (Fsp3) is 0.417. The van der Waals surface area contributed by atoms with Gasteiger partial charge in [-0.15, -0.1) is 0 Å². The molecule has 17 heavy (non-hydrogen) atoms. The third-order valence-electron chi connectivity index (χ3n) is 2.89. The maximum atomic E-state index is 11.0. The summed E-state index contributed by atoms with van der Waals surface area (Å²) in [6, 6.07) is 5.21. The highest BCUT2D eigenvalue weighted by Crippen LogP contribution is 2.46. The Balaban J connectivity index is 2.42. The first kappa shape index (κ1) is 11.6. The highest BCUT2D eigenvalue weighted by atomic mass is 16.7. The number of rotatable bonds is 2. The molecule has 1 unspecified atom stereocenters. The van der Waals surface area contributed by atoms with Crippen LogP contribution < -0.4 is 14.4 Å². The number of anilines is 1. The number of nitrogens with zero attached hydrogens (tertiary/aromatic N) is 1. The van der Waals surface area contributed by atoms with E-state index >= 15 is 0 Å². The summed E-state index contributed by atoms with van der Waals surface area (Å²) in [5, 5.41) is 8.98. The summed E-state index contributed by atoms with van der Waals surface area (Å²) in [7, 11) is 1.48. The summed E-state index contributed by atoms with van der Waals surface area (Å²) in [4.78, 5) is 12.1. The van der Waals surface area contributed by atoms with E-state index in [1.54, 1.807) is 18.2 Å². The second kappa shape index (κ2) is 3.84. The minimum atomic E-state index is -1.04. The first-order valence-electron chi connectivity index (χ1n) is 5.44. The van der Waals surface area contributed by atoms with Crippen molar-refractivity contribution in [2.24, 2.45) is 0 Å². The van der Waals surface area contributed by atoms with Crippen LogP contribution in [0.15, 0.2) is 18.2 Å². The molecule has 1 heterocycles. The van der Waals surface area contributed by atoms with Gasteiger partial charge in [0.05, 0.1) is 5.69 Å². The summed E-state index contributed by atoms with van der Waals surface area (Å²) in [6.07, 6.45) is -0.357. The van der Waals surface area contributed by atoms with Gasteiger partial charge in [0.1, 0.15) is 0 Å². The van der Waals surface area contributed by atoms with E-state index in [0.29, 0.717) is 23.6 Å². The van der Waals surface area contributed by atoms with E-state index < -0.39 is 11.9 Å². The van der Waals surface area contributed by atoms with Crippen LogP contribution in [0.4, 0.5) is 10.5 Å². The van der Waals surface area contributed by atoms with Crippen molar-refractivity contribution in [2.75, 3.05) is 11.9 Å². The molecule has 1 atom stereocenters. The Morgan fingerprint density at radius 3 is 2.76 bits per heavy atom. The minimum Gasteiger partial charge on any atom is -0.465 e. The molecule has 1 aromatic rings. The Kier molecular flexibility index (Phi) is 2.61. The quantitative estimate of drug-likeness (QED) is 0.859. The van der Waals surface area contributed by atoms with Crippen LogP contribution in [-0.4, -0.2) is 24.0 Å². The van der Waals surface area contributed by atoms with Gasteiger partial charge in [0.15, 0.2) is 11.5 Å². The Hall–Kier alpha value is -1.91. The number of benzene rings is 1. The summed E-state index contributed by atoms with van der Waals surface area (Å²) in [6.45, 7) is 3.78. The van der Waals surface area contributed by atoms with Gasteiger partial charge in [0.2, 0.25) is 5.79 Å². The first-order chi connectivity index (χ1) is 7.97. The standard InChI is InChI=1S/C12H15NO4/c1-4-12(2)16-9-7-5-6-8(10(9)17-12)13(3)11(14)15/h5-7H,4H2,1-3H3,(H,14,15). The molecular weight excluding hydrogens is 222 g/mol. The van der Waals surface area contributed by atoms with Gasteiger partial charge in [-0.3, -0.25) is 4.90 Å². The van der Waals surface area contributed by atoms with Crippen molar-refractivity contribution in [1.29, 1.82) is 0 Å². The van der Waals surface area contributed by atoms with Crippen molar-refractivity contribution in [3.8, 4) is 11.5 Å². The lowest BCUT2D eigenvalue weighted by Gasteiger charge is -2.21. The molecule has 0 saturated heterocycles. The molecule has 0 saturated carbocycles. The number of para-hydroxylation sites is 1. The average Bonchev–Trinajstić information content (AvgIpc) is 2.64. The van der Waals surface area contributed by atoms with Crippen LogP contribution in [0.3, 0.4) is 0 Å². The van der Waals surface area contributed by atoms with E-state index in [9.17, 15) is 4.79 Å². The lowest BCUT2D eigenvalue weighted by molar-refractivity contribution is -0.0638. The van der Waals surface area contributed by atoms with Gasteiger partial charge in [-0.2, -0.15) is 0 Å². The maximum absolute atomic E-state index is 11.0. The first-order valence-corrected chi connectivity index (χ1v) is 5.44. The number of carboxylic acid groups (broad SMARTS) is 1. The third-order valence-corrected chi connectivity index (χ3v) is 2.89. The van der Waals surface area contributed by atoms with E-state index in [2.05, 4.69) is 0 Å². The molecule has 1 aromatic carbocycles. The largest absolute Gasteiger partial charge is 0.465 e. The van der Waals surface area contributed by atoms with Gasteiger partial charge < -0.3 is 14.6 Å². The molecular formula is C12H15NO4. The normalized spacial score (nSPS) is 21.4. The molecule has 2 rings (SSSR count). The highest BCUT2D eigenvalue weighted by molar-refractivity contribution is 5.88. The molecule has 0 spiro atoms. The number of ether oxygens (including phenoxy) is 2. The summed E-state index contributed by atoms with van der Waals surface area (Å²) < 4.78 is 11.4.